The summed E-state index contributed by atoms with van der Waals surface area (Å²) in [6, 6.07) is 1.61. The van der Waals surface area contributed by atoms with E-state index in [1.54, 1.807) is 24.2 Å². The van der Waals surface area contributed by atoms with E-state index in [4.69, 9.17) is 16.7 Å². The van der Waals surface area contributed by atoms with Gasteiger partial charge in [-0.05, 0) is 25.3 Å². The van der Waals surface area contributed by atoms with Gasteiger partial charge in [0, 0.05) is 32.6 Å². The molecule has 1 rings (SSSR count). The van der Waals surface area contributed by atoms with Crippen molar-refractivity contribution in [3.8, 4) is 0 Å². The van der Waals surface area contributed by atoms with Gasteiger partial charge < -0.3 is 10.0 Å². The summed E-state index contributed by atoms with van der Waals surface area (Å²) >= 11 is 5.93. The SMILES string of the molecule is CN(CCCCCO)C(=O)c1cnccc1Cl. The van der Waals surface area contributed by atoms with Crippen molar-refractivity contribution in [1.82, 2.24) is 9.88 Å². The fourth-order valence-corrected chi connectivity index (χ4v) is 1.67. The molecule has 94 valence electrons. The molecule has 0 aliphatic heterocycles. The first-order valence-electron chi connectivity index (χ1n) is 5.62. The molecule has 0 aliphatic rings. The summed E-state index contributed by atoms with van der Waals surface area (Å²) in [5.74, 6) is -0.118. The van der Waals surface area contributed by atoms with Crippen molar-refractivity contribution < 1.29 is 9.90 Å². The zero-order valence-electron chi connectivity index (χ0n) is 9.90. The van der Waals surface area contributed by atoms with Crippen molar-refractivity contribution in [1.29, 1.82) is 0 Å². The van der Waals surface area contributed by atoms with Gasteiger partial charge in [0.2, 0.25) is 0 Å². The normalized spacial score (nSPS) is 10.3. The molecule has 0 atom stereocenters. The second-order valence-corrected chi connectivity index (χ2v) is 4.27. The van der Waals surface area contributed by atoms with E-state index in [2.05, 4.69) is 4.98 Å². The van der Waals surface area contributed by atoms with Crippen LogP contribution in [0, 0.1) is 0 Å². The third-order valence-electron chi connectivity index (χ3n) is 2.50. The molecular weight excluding hydrogens is 240 g/mol. The van der Waals surface area contributed by atoms with Crippen LogP contribution in [-0.2, 0) is 0 Å². The number of aliphatic hydroxyl groups excluding tert-OH is 1. The molecule has 1 heterocycles. The van der Waals surface area contributed by atoms with Gasteiger partial charge in [-0.1, -0.05) is 11.6 Å². The van der Waals surface area contributed by atoms with Crippen molar-refractivity contribution in [2.24, 2.45) is 0 Å². The average Bonchev–Trinajstić information content (AvgIpc) is 2.34. The van der Waals surface area contributed by atoms with Crippen molar-refractivity contribution >= 4 is 17.5 Å². The monoisotopic (exact) mass is 256 g/mol. The van der Waals surface area contributed by atoms with Gasteiger partial charge >= 0.3 is 0 Å². The highest BCUT2D eigenvalue weighted by Gasteiger charge is 2.14. The van der Waals surface area contributed by atoms with E-state index in [-0.39, 0.29) is 12.5 Å². The van der Waals surface area contributed by atoms with Crippen molar-refractivity contribution in [3.05, 3.63) is 29.0 Å². The lowest BCUT2D eigenvalue weighted by atomic mass is 10.2. The molecule has 1 amide bonds. The summed E-state index contributed by atoms with van der Waals surface area (Å²) in [6.07, 6.45) is 5.60. The molecule has 0 fully saturated rings. The standard InChI is InChI=1S/C12H17ClN2O2/c1-15(7-3-2-4-8-16)12(17)10-9-14-6-5-11(10)13/h5-6,9,16H,2-4,7-8H2,1H3. The molecule has 0 bridgehead atoms. The maximum atomic E-state index is 12.0. The summed E-state index contributed by atoms with van der Waals surface area (Å²) in [7, 11) is 1.74. The van der Waals surface area contributed by atoms with E-state index in [1.807, 2.05) is 0 Å². The second-order valence-electron chi connectivity index (χ2n) is 3.87. The lowest BCUT2D eigenvalue weighted by Gasteiger charge is -2.17. The molecule has 1 N–H and O–H groups in total. The number of carbonyl (C=O) groups excluding carboxylic acids is 1. The Morgan fingerprint density at radius 3 is 2.88 bits per heavy atom. The van der Waals surface area contributed by atoms with Crippen LogP contribution in [0.2, 0.25) is 5.02 Å². The van der Waals surface area contributed by atoms with Crippen molar-refractivity contribution in [2.75, 3.05) is 20.2 Å². The molecular formula is C12H17ClN2O2. The predicted molar refractivity (Wildman–Crippen MR) is 67.1 cm³/mol. The maximum absolute atomic E-state index is 12.0. The highest BCUT2D eigenvalue weighted by atomic mass is 35.5. The number of halogens is 1. The molecule has 0 aliphatic carbocycles. The molecule has 4 nitrogen and oxygen atoms in total. The van der Waals surface area contributed by atoms with E-state index in [9.17, 15) is 4.79 Å². The van der Waals surface area contributed by atoms with Gasteiger partial charge in [-0.25, -0.2) is 0 Å². The smallest absolute Gasteiger partial charge is 0.256 e. The summed E-state index contributed by atoms with van der Waals surface area (Å²) in [5.41, 5.74) is 0.429. The number of rotatable bonds is 6. The Morgan fingerprint density at radius 2 is 2.24 bits per heavy atom. The average molecular weight is 257 g/mol. The highest BCUT2D eigenvalue weighted by molar-refractivity contribution is 6.33. The van der Waals surface area contributed by atoms with Crippen LogP contribution < -0.4 is 0 Å². The van der Waals surface area contributed by atoms with E-state index in [0.29, 0.717) is 17.1 Å². The van der Waals surface area contributed by atoms with E-state index >= 15 is 0 Å². The highest BCUT2D eigenvalue weighted by Crippen LogP contribution is 2.15. The molecule has 0 unspecified atom stereocenters. The molecule has 17 heavy (non-hydrogen) atoms. The van der Waals surface area contributed by atoms with E-state index in [1.165, 1.54) is 6.20 Å². The van der Waals surface area contributed by atoms with Crippen molar-refractivity contribution in [3.63, 3.8) is 0 Å². The number of carbonyl (C=O) groups is 1. The Morgan fingerprint density at radius 1 is 1.47 bits per heavy atom. The van der Waals surface area contributed by atoms with Gasteiger partial charge in [-0.15, -0.1) is 0 Å². The lowest BCUT2D eigenvalue weighted by Crippen LogP contribution is -2.28. The quantitative estimate of drug-likeness (QED) is 0.792. The molecule has 0 aromatic carbocycles. The number of pyridine rings is 1. The number of hydrogen-bond acceptors (Lipinski definition) is 3. The number of nitrogens with zero attached hydrogens (tertiary/aromatic N) is 2. The number of hydrogen-bond donors (Lipinski definition) is 1. The summed E-state index contributed by atoms with van der Waals surface area (Å²) in [4.78, 5) is 17.5. The van der Waals surface area contributed by atoms with Crippen LogP contribution in [0.3, 0.4) is 0 Å². The zero-order valence-corrected chi connectivity index (χ0v) is 10.7. The molecule has 0 spiro atoms. The Kier molecular flexibility index (Phi) is 5.94. The first kappa shape index (κ1) is 13.9. The van der Waals surface area contributed by atoms with Gasteiger partial charge in [-0.3, -0.25) is 9.78 Å². The minimum atomic E-state index is -0.118. The Balaban J connectivity index is 2.49. The lowest BCUT2D eigenvalue weighted by molar-refractivity contribution is 0.0792. The van der Waals surface area contributed by atoms with Crippen LogP contribution in [0.15, 0.2) is 18.5 Å². The van der Waals surface area contributed by atoms with Crippen molar-refractivity contribution in [2.45, 2.75) is 19.3 Å². The third-order valence-corrected chi connectivity index (χ3v) is 2.83. The van der Waals surface area contributed by atoms with Gasteiger partial charge in [0.25, 0.3) is 5.91 Å². The summed E-state index contributed by atoms with van der Waals surface area (Å²) in [5, 5.41) is 9.07. The number of amides is 1. The third kappa shape index (κ3) is 4.32. The van der Waals surface area contributed by atoms with Crippen LogP contribution in [0.4, 0.5) is 0 Å². The van der Waals surface area contributed by atoms with E-state index in [0.717, 1.165) is 19.3 Å². The first-order valence-corrected chi connectivity index (χ1v) is 6.00. The van der Waals surface area contributed by atoms with E-state index < -0.39 is 0 Å². The minimum Gasteiger partial charge on any atom is -0.396 e. The zero-order chi connectivity index (χ0) is 12.7. The van der Waals surface area contributed by atoms with Crippen LogP contribution in [-0.4, -0.2) is 41.1 Å². The molecule has 1 aromatic rings. The molecule has 0 saturated heterocycles. The summed E-state index contributed by atoms with van der Waals surface area (Å²) < 4.78 is 0. The van der Waals surface area contributed by atoms with Crippen LogP contribution in [0.5, 0.6) is 0 Å². The summed E-state index contributed by atoms with van der Waals surface area (Å²) in [6.45, 7) is 0.857. The van der Waals surface area contributed by atoms with Crippen LogP contribution in [0.1, 0.15) is 29.6 Å². The number of aromatic nitrogens is 1. The topological polar surface area (TPSA) is 53.4 Å². The van der Waals surface area contributed by atoms with Crippen LogP contribution >= 0.6 is 11.6 Å². The largest absolute Gasteiger partial charge is 0.396 e. The van der Waals surface area contributed by atoms with Gasteiger partial charge in [0.05, 0.1) is 10.6 Å². The predicted octanol–water partition coefficient (Wildman–Crippen LogP) is 1.97. The Bertz CT molecular complexity index is 371. The number of aliphatic hydroxyl groups is 1. The maximum Gasteiger partial charge on any atom is 0.256 e. The molecule has 0 radical (unpaired) electrons. The van der Waals surface area contributed by atoms with Crippen LogP contribution in [0.25, 0.3) is 0 Å². The Labute approximate surface area is 106 Å². The van der Waals surface area contributed by atoms with Gasteiger partial charge in [-0.2, -0.15) is 0 Å². The minimum absolute atomic E-state index is 0.118. The molecule has 1 aromatic heterocycles. The Hall–Kier alpha value is -1.13. The molecule has 0 saturated carbocycles. The second kappa shape index (κ2) is 7.25. The number of unbranched alkanes of at least 4 members (excludes halogenated alkanes) is 2. The van der Waals surface area contributed by atoms with Gasteiger partial charge in [0.1, 0.15) is 0 Å². The fourth-order valence-electron chi connectivity index (χ4n) is 1.48. The first-order chi connectivity index (χ1) is 8.16. The fraction of sp³-hybridized carbons (Fsp3) is 0.500. The molecule has 5 heteroatoms. The van der Waals surface area contributed by atoms with Gasteiger partial charge in [0.15, 0.2) is 0 Å².